The summed E-state index contributed by atoms with van der Waals surface area (Å²) in [6.07, 6.45) is 4.14. The smallest absolute Gasteiger partial charge is 0.269 e. The van der Waals surface area contributed by atoms with Crippen molar-refractivity contribution in [1.82, 2.24) is 30.0 Å². The molecule has 31 heavy (non-hydrogen) atoms. The Morgan fingerprint density at radius 2 is 1.77 bits per heavy atom. The number of rotatable bonds is 7. The largest absolute Gasteiger partial charge is 0.324 e. The molecule has 4 rings (SSSR count). The minimum absolute atomic E-state index is 0.359. The number of hydrogen-bond acceptors (Lipinski definition) is 7. The maximum atomic E-state index is 11.2. The molecule has 2 N–H and O–H groups in total. The first-order valence-corrected chi connectivity index (χ1v) is 9.68. The second-order valence-corrected chi connectivity index (χ2v) is 7.01. The highest BCUT2D eigenvalue weighted by atomic mass is 16.1. The van der Waals surface area contributed by atoms with Gasteiger partial charge in [0.25, 0.3) is 7.98 Å². The van der Waals surface area contributed by atoms with Crippen molar-refractivity contribution in [3.63, 3.8) is 0 Å². The second-order valence-electron chi connectivity index (χ2n) is 7.01. The van der Waals surface area contributed by atoms with Crippen LogP contribution in [0.2, 0.25) is 0 Å². The summed E-state index contributed by atoms with van der Waals surface area (Å²) < 4.78 is 1.18. The Kier molecular flexibility index (Phi) is 5.86. The lowest BCUT2D eigenvalue weighted by Crippen LogP contribution is -2.10. The Hall–Kier alpha value is -3.85. The molecular formula is C22H20BN7O. The molecule has 0 fully saturated rings. The Balaban J connectivity index is 1.56. The molecule has 0 spiro atoms. The molecule has 1 aromatic carbocycles. The molecule has 0 saturated heterocycles. The van der Waals surface area contributed by atoms with Gasteiger partial charge in [-0.05, 0) is 37.2 Å². The van der Waals surface area contributed by atoms with Gasteiger partial charge in [0, 0.05) is 29.6 Å². The van der Waals surface area contributed by atoms with E-state index in [0.717, 1.165) is 34.2 Å². The van der Waals surface area contributed by atoms with Crippen LogP contribution in [0.4, 0.5) is 11.6 Å². The molecule has 0 aliphatic heterocycles. The molecule has 0 saturated carbocycles. The van der Waals surface area contributed by atoms with Gasteiger partial charge in [-0.25, -0.2) is 0 Å². The molecular weight excluding hydrogens is 389 g/mol. The van der Waals surface area contributed by atoms with E-state index in [2.05, 4.69) is 30.7 Å². The lowest BCUT2D eigenvalue weighted by Gasteiger charge is -2.08. The zero-order chi connectivity index (χ0) is 21.8. The highest BCUT2D eigenvalue weighted by molar-refractivity contribution is 6.07. The van der Waals surface area contributed by atoms with Crippen LogP contribution in [-0.2, 0) is 6.54 Å². The van der Waals surface area contributed by atoms with Crippen molar-refractivity contribution in [2.75, 3.05) is 12.4 Å². The zero-order valence-electron chi connectivity index (χ0n) is 17.2. The van der Waals surface area contributed by atoms with Crippen molar-refractivity contribution in [3.05, 3.63) is 71.8 Å². The first-order chi connectivity index (χ1) is 15.1. The van der Waals surface area contributed by atoms with Crippen molar-refractivity contribution >= 4 is 25.9 Å². The van der Waals surface area contributed by atoms with E-state index in [1.54, 1.807) is 13.2 Å². The standard InChI is InChI=1S/C22H20BN7O/c1-14-3-4-17(11-25-14)15-5-7-16(8-6-15)21-28-22(30(23)29-21)27-19-9-18(10-24-2)20(13-31)26-12-19/h3-9,11-13,24H,10H2,1-2H3,(H,27,28,29). The number of carbonyl (C=O) groups excluding carboxylic acids is 1. The summed E-state index contributed by atoms with van der Waals surface area (Å²) in [5.41, 5.74) is 5.73. The minimum atomic E-state index is 0.359. The fraction of sp³-hybridized carbons (Fsp3) is 0.136. The number of nitrogens with zero attached hydrogens (tertiary/aromatic N) is 5. The summed E-state index contributed by atoms with van der Waals surface area (Å²) in [6, 6.07) is 13.7. The average molecular weight is 409 g/mol. The van der Waals surface area contributed by atoms with Gasteiger partial charge < -0.3 is 10.6 Å². The highest BCUT2D eigenvalue weighted by Gasteiger charge is 2.11. The SMILES string of the molecule is [B]n1nc(-c2ccc(-c3ccc(C)nc3)cc2)nc1Nc1cnc(C=O)c(CNC)c1. The minimum Gasteiger partial charge on any atom is -0.324 e. The van der Waals surface area contributed by atoms with E-state index in [-0.39, 0.29) is 0 Å². The lowest BCUT2D eigenvalue weighted by molar-refractivity contribution is 0.111. The average Bonchev–Trinajstić information content (AvgIpc) is 3.15. The lowest BCUT2D eigenvalue weighted by atomic mass is 10.1. The summed E-state index contributed by atoms with van der Waals surface area (Å²) in [6.45, 7) is 2.47. The number of anilines is 2. The molecule has 3 aromatic heterocycles. The Bertz CT molecular complexity index is 1200. The van der Waals surface area contributed by atoms with E-state index in [9.17, 15) is 4.79 Å². The third kappa shape index (κ3) is 4.51. The normalized spacial score (nSPS) is 10.8. The van der Waals surface area contributed by atoms with Crippen molar-refractivity contribution in [3.8, 4) is 22.5 Å². The summed E-state index contributed by atoms with van der Waals surface area (Å²) in [5, 5.41) is 10.4. The van der Waals surface area contributed by atoms with Crippen LogP contribution in [0.5, 0.6) is 0 Å². The van der Waals surface area contributed by atoms with Gasteiger partial charge in [-0.2, -0.15) is 10.1 Å². The quantitative estimate of drug-likeness (QED) is 0.358. The molecule has 0 aliphatic rings. The predicted octanol–water partition coefficient (Wildman–Crippen LogP) is 2.92. The number of nitrogens with one attached hydrogen (secondary N) is 2. The summed E-state index contributed by atoms with van der Waals surface area (Å²) >= 11 is 0. The van der Waals surface area contributed by atoms with Crippen molar-refractivity contribution in [1.29, 1.82) is 0 Å². The number of carbonyl (C=O) groups is 1. The van der Waals surface area contributed by atoms with Gasteiger partial charge in [0.2, 0.25) is 5.95 Å². The first-order valence-electron chi connectivity index (χ1n) is 9.68. The maximum Gasteiger partial charge on any atom is 0.269 e. The van der Waals surface area contributed by atoms with Crippen LogP contribution in [0, 0.1) is 6.92 Å². The fourth-order valence-electron chi connectivity index (χ4n) is 3.14. The molecule has 9 heteroatoms. The van der Waals surface area contributed by atoms with E-state index in [1.165, 1.54) is 4.59 Å². The van der Waals surface area contributed by atoms with E-state index in [4.69, 9.17) is 7.98 Å². The van der Waals surface area contributed by atoms with Crippen LogP contribution >= 0.6 is 0 Å². The van der Waals surface area contributed by atoms with Crippen molar-refractivity contribution in [2.45, 2.75) is 13.5 Å². The first kappa shape index (κ1) is 20.4. The van der Waals surface area contributed by atoms with Gasteiger partial charge >= 0.3 is 0 Å². The van der Waals surface area contributed by atoms with Crippen LogP contribution in [0.25, 0.3) is 22.5 Å². The van der Waals surface area contributed by atoms with Crippen molar-refractivity contribution in [2.24, 2.45) is 0 Å². The van der Waals surface area contributed by atoms with Crippen LogP contribution in [0.15, 0.2) is 54.9 Å². The third-order valence-electron chi connectivity index (χ3n) is 4.76. The molecule has 0 bridgehead atoms. The predicted molar refractivity (Wildman–Crippen MR) is 120 cm³/mol. The highest BCUT2D eigenvalue weighted by Crippen LogP contribution is 2.24. The van der Waals surface area contributed by atoms with Gasteiger partial charge in [-0.3, -0.25) is 19.4 Å². The number of pyridine rings is 2. The molecule has 8 nitrogen and oxygen atoms in total. The Labute approximate surface area is 181 Å². The topological polar surface area (TPSA) is 97.6 Å². The molecule has 2 radical (unpaired) electrons. The molecule has 0 atom stereocenters. The van der Waals surface area contributed by atoms with E-state index < -0.39 is 0 Å². The molecule has 152 valence electrons. The monoisotopic (exact) mass is 409 g/mol. The van der Waals surface area contributed by atoms with Gasteiger partial charge in [0.05, 0.1) is 11.9 Å². The zero-order valence-corrected chi connectivity index (χ0v) is 17.2. The summed E-state index contributed by atoms with van der Waals surface area (Å²) in [4.78, 5) is 24.2. The van der Waals surface area contributed by atoms with Gasteiger partial charge in [-0.1, -0.05) is 30.3 Å². The van der Waals surface area contributed by atoms with Crippen LogP contribution < -0.4 is 10.6 Å². The second kappa shape index (κ2) is 8.89. The Morgan fingerprint density at radius 3 is 2.45 bits per heavy atom. The van der Waals surface area contributed by atoms with E-state index >= 15 is 0 Å². The van der Waals surface area contributed by atoms with Crippen LogP contribution in [0.1, 0.15) is 21.7 Å². The molecule has 0 unspecified atom stereocenters. The summed E-state index contributed by atoms with van der Waals surface area (Å²) in [5.74, 6) is 0.851. The third-order valence-corrected chi connectivity index (χ3v) is 4.76. The number of aldehydes is 1. The van der Waals surface area contributed by atoms with Crippen molar-refractivity contribution < 1.29 is 4.79 Å². The fourth-order valence-corrected chi connectivity index (χ4v) is 3.14. The number of aryl methyl sites for hydroxylation is 1. The van der Waals surface area contributed by atoms with Crippen LogP contribution in [0.3, 0.4) is 0 Å². The number of hydrogen-bond donors (Lipinski definition) is 2. The van der Waals surface area contributed by atoms with E-state index in [0.29, 0.717) is 29.7 Å². The van der Waals surface area contributed by atoms with Gasteiger partial charge in [0.1, 0.15) is 5.69 Å². The van der Waals surface area contributed by atoms with Crippen LogP contribution in [-0.4, -0.2) is 46.0 Å². The maximum absolute atomic E-state index is 11.2. The Morgan fingerprint density at radius 1 is 1.03 bits per heavy atom. The molecule has 0 amide bonds. The van der Waals surface area contributed by atoms with E-state index in [1.807, 2.05) is 55.6 Å². The molecule has 4 aromatic rings. The summed E-state index contributed by atoms with van der Waals surface area (Å²) in [7, 11) is 7.80. The molecule has 3 heterocycles. The van der Waals surface area contributed by atoms with Gasteiger partial charge in [0.15, 0.2) is 12.1 Å². The molecule has 0 aliphatic carbocycles. The number of benzene rings is 1. The number of aromatic nitrogens is 5. The van der Waals surface area contributed by atoms with Gasteiger partial charge in [-0.15, -0.1) is 0 Å².